The van der Waals surface area contributed by atoms with Crippen LogP contribution >= 0.6 is 0 Å². The molecule has 3 rings (SSSR count). The average Bonchev–Trinajstić information content (AvgIpc) is 3.01. The van der Waals surface area contributed by atoms with E-state index in [1.54, 1.807) is 12.1 Å². The number of halogens is 3. The summed E-state index contributed by atoms with van der Waals surface area (Å²) in [6.07, 6.45) is -4.60. The summed E-state index contributed by atoms with van der Waals surface area (Å²) in [6, 6.07) is 6.18. The van der Waals surface area contributed by atoms with E-state index in [1.165, 1.54) is 24.3 Å². The predicted molar refractivity (Wildman–Crippen MR) is 76.9 cm³/mol. The molecule has 0 saturated carbocycles. The lowest BCUT2D eigenvalue weighted by Crippen LogP contribution is -2.51. The molecule has 10 heteroatoms. The number of aromatic nitrogens is 2. The molecule has 0 radical (unpaired) electrons. The Morgan fingerprint density at radius 1 is 1.32 bits per heavy atom. The van der Waals surface area contributed by atoms with Crippen molar-refractivity contribution < 1.29 is 32.1 Å². The lowest BCUT2D eigenvalue weighted by Gasteiger charge is -2.35. The number of carbonyl (C=O) groups is 1. The topological polar surface area (TPSA) is 77.7 Å². The first kappa shape index (κ1) is 17.4. The van der Waals surface area contributed by atoms with Crippen molar-refractivity contribution in [2.45, 2.75) is 18.6 Å². The summed E-state index contributed by atoms with van der Waals surface area (Å²) in [5, 5.41) is 4.58. The second-order valence-corrected chi connectivity index (χ2v) is 5.39. The molecule has 134 valence electrons. The Kier molecular flexibility index (Phi) is 4.73. The van der Waals surface area contributed by atoms with Gasteiger partial charge < -0.3 is 9.26 Å². The molecule has 1 fully saturated rings. The van der Waals surface area contributed by atoms with Crippen molar-refractivity contribution in [3.8, 4) is 11.4 Å². The second kappa shape index (κ2) is 6.81. The maximum absolute atomic E-state index is 12.5. The number of amides is 1. The maximum atomic E-state index is 12.5. The number of rotatable bonds is 5. The fourth-order valence-electron chi connectivity index (χ4n) is 2.29. The van der Waals surface area contributed by atoms with Crippen LogP contribution in [0.2, 0.25) is 0 Å². The molecule has 1 aliphatic heterocycles. The van der Waals surface area contributed by atoms with Crippen molar-refractivity contribution in [3.63, 3.8) is 0 Å². The quantitative estimate of drug-likeness (QED) is 0.763. The molecule has 0 bridgehead atoms. The molecule has 25 heavy (non-hydrogen) atoms. The third-order valence-corrected chi connectivity index (χ3v) is 3.63. The Morgan fingerprint density at radius 3 is 2.48 bits per heavy atom. The summed E-state index contributed by atoms with van der Waals surface area (Å²) >= 11 is 0. The van der Waals surface area contributed by atoms with Crippen LogP contribution in [0.1, 0.15) is 11.5 Å². The monoisotopic (exact) mass is 357 g/mol. The van der Waals surface area contributed by atoms with Gasteiger partial charge in [0, 0.05) is 5.56 Å². The normalized spacial score (nSPS) is 15.0. The van der Waals surface area contributed by atoms with Crippen LogP contribution in [0.4, 0.5) is 13.2 Å². The van der Waals surface area contributed by atoms with Gasteiger partial charge in [0.25, 0.3) is 5.91 Å². The standard InChI is InChI=1S/C15H14F3N3O4/c1-23-21(11-7-24-8-11)12(22)6-9-2-4-10(5-3-9)13-19-14(25-20-13)15(16,17)18/h2-5,11H,6-8H2,1H3. The molecule has 1 aliphatic rings. The van der Waals surface area contributed by atoms with Crippen LogP contribution in [0.5, 0.6) is 0 Å². The Hall–Kier alpha value is -2.46. The van der Waals surface area contributed by atoms with Gasteiger partial charge in [0.1, 0.15) is 6.04 Å². The van der Waals surface area contributed by atoms with Crippen molar-refractivity contribution >= 4 is 5.91 Å². The predicted octanol–water partition coefficient (Wildman–Crippen LogP) is 2.09. The van der Waals surface area contributed by atoms with Crippen molar-refractivity contribution in [2.24, 2.45) is 0 Å². The highest BCUT2D eigenvalue weighted by Gasteiger charge is 2.38. The van der Waals surface area contributed by atoms with E-state index < -0.39 is 12.1 Å². The summed E-state index contributed by atoms with van der Waals surface area (Å²) in [5.74, 6) is -1.81. The molecule has 0 N–H and O–H groups in total. The summed E-state index contributed by atoms with van der Waals surface area (Å²) in [5.41, 5.74) is 1.03. The Labute approximate surface area is 140 Å². The third kappa shape index (κ3) is 3.80. The molecule has 0 spiro atoms. The van der Waals surface area contributed by atoms with Gasteiger partial charge in [-0.3, -0.25) is 9.63 Å². The lowest BCUT2D eigenvalue weighted by atomic mass is 10.1. The van der Waals surface area contributed by atoms with E-state index in [0.717, 1.165) is 0 Å². The summed E-state index contributed by atoms with van der Waals surface area (Å²) in [7, 11) is 1.41. The van der Waals surface area contributed by atoms with Crippen molar-refractivity contribution in [3.05, 3.63) is 35.7 Å². The van der Waals surface area contributed by atoms with Gasteiger partial charge in [0.2, 0.25) is 5.82 Å². The molecule has 1 saturated heterocycles. The smallest absolute Gasteiger partial charge is 0.377 e. The number of hydroxylamine groups is 2. The minimum atomic E-state index is -4.69. The van der Waals surface area contributed by atoms with E-state index in [2.05, 4.69) is 14.7 Å². The van der Waals surface area contributed by atoms with Crippen molar-refractivity contribution in [1.82, 2.24) is 15.2 Å². The zero-order chi connectivity index (χ0) is 18.0. The van der Waals surface area contributed by atoms with Gasteiger partial charge in [-0.1, -0.05) is 29.4 Å². The fraction of sp³-hybridized carbons (Fsp3) is 0.400. The molecule has 1 aromatic carbocycles. The molecule has 7 nitrogen and oxygen atoms in total. The number of nitrogens with zero attached hydrogens (tertiary/aromatic N) is 3. The van der Waals surface area contributed by atoms with Crippen LogP contribution in [0, 0.1) is 0 Å². The highest BCUT2D eigenvalue weighted by atomic mass is 19.4. The Balaban J connectivity index is 1.67. The van der Waals surface area contributed by atoms with Gasteiger partial charge in [-0.2, -0.15) is 18.2 Å². The van der Waals surface area contributed by atoms with Crippen LogP contribution < -0.4 is 0 Å². The molecule has 1 amide bonds. The number of benzene rings is 1. The molecule has 0 atom stereocenters. The lowest BCUT2D eigenvalue weighted by molar-refractivity contribution is -0.221. The fourth-order valence-corrected chi connectivity index (χ4v) is 2.29. The first-order valence-corrected chi connectivity index (χ1v) is 7.32. The number of hydrogen-bond donors (Lipinski definition) is 0. The molecule has 1 aromatic heterocycles. The van der Waals surface area contributed by atoms with Gasteiger partial charge in [-0.25, -0.2) is 5.06 Å². The van der Waals surface area contributed by atoms with Crippen LogP contribution in [0.3, 0.4) is 0 Å². The van der Waals surface area contributed by atoms with Gasteiger partial charge in [0.15, 0.2) is 0 Å². The average molecular weight is 357 g/mol. The van der Waals surface area contributed by atoms with E-state index in [-0.39, 0.29) is 24.2 Å². The zero-order valence-electron chi connectivity index (χ0n) is 13.1. The number of ether oxygens (including phenoxy) is 1. The van der Waals surface area contributed by atoms with Crippen LogP contribution in [0.25, 0.3) is 11.4 Å². The summed E-state index contributed by atoms with van der Waals surface area (Å²) in [4.78, 5) is 20.6. The SMILES string of the molecule is CON(C(=O)Cc1ccc(-c2noc(C(F)(F)F)n2)cc1)C1COC1. The first-order valence-electron chi connectivity index (χ1n) is 7.32. The van der Waals surface area contributed by atoms with Crippen molar-refractivity contribution in [2.75, 3.05) is 20.3 Å². The molecule has 2 heterocycles. The van der Waals surface area contributed by atoms with Crippen LogP contribution in [-0.2, 0) is 27.0 Å². The number of carbonyl (C=O) groups excluding carboxylic acids is 1. The number of alkyl halides is 3. The molecule has 0 aliphatic carbocycles. The van der Waals surface area contributed by atoms with Crippen LogP contribution in [-0.4, -0.2) is 47.5 Å². The highest BCUT2D eigenvalue weighted by Crippen LogP contribution is 2.29. The van der Waals surface area contributed by atoms with Gasteiger partial charge in [-0.05, 0) is 5.56 Å². The van der Waals surface area contributed by atoms with E-state index in [9.17, 15) is 18.0 Å². The summed E-state index contributed by atoms with van der Waals surface area (Å²) < 4.78 is 46.6. The minimum Gasteiger partial charge on any atom is -0.377 e. The molecular formula is C15H14F3N3O4. The summed E-state index contributed by atoms with van der Waals surface area (Å²) in [6.45, 7) is 0.857. The van der Waals surface area contributed by atoms with Crippen molar-refractivity contribution in [1.29, 1.82) is 0 Å². The third-order valence-electron chi connectivity index (χ3n) is 3.63. The van der Waals surface area contributed by atoms with Gasteiger partial charge >= 0.3 is 12.1 Å². The van der Waals surface area contributed by atoms with Gasteiger partial charge in [-0.15, -0.1) is 0 Å². The zero-order valence-corrected chi connectivity index (χ0v) is 13.1. The number of hydrogen-bond acceptors (Lipinski definition) is 6. The largest absolute Gasteiger partial charge is 0.471 e. The molecule has 2 aromatic rings. The Morgan fingerprint density at radius 2 is 2.00 bits per heavy atom. The van der Waals surface area contributed by atoms with E-state index in [4.69, 9.17) is 9.57 Å². The minimum absolute atomic E-state index is 0.0880. The molecule has 0 unspecified atom stereocenters. The van der Waals surface area contributed by atoms with E-state index in [0.29, 0.717) is 24.3 Å². The second-order valence-electron chi connectivity index (χ2n) is 5.39. The van der Waals surface area contributed by atoms with Gasteiger partial charge in [0.05, 0.1) is 26.7 Å². The highest BCUT2D eigenvalue weighted by molar-refractivity contribution is 5.78. The van der Waals surface area contributed by atoms with Crippen LogP contribution in [0.15, 0.2) is 28.8 Å². The van der Waals surface area contributed by atoms with E-state index >= 15 is 0 Å². The van der Waals surface area contributed by atoms with E-state index in [1.807, 2.05) is 0 Å². The molecular weight excluding hydrogens is 343 g/mol. The maximum Gasteiger partial charge on any atom is 0.471 e. The Bertz CT molecular complexity index is 741. The first-order chi connectivity index (χ1) is 11.9.